The summed E-state index contributed by atoms with van der Waals surface area (Å²) in [5.41, 5.74) is 7.00. The number of nitrogens with zero attached hydrogens (tertiary/aromatic N) is 1. The Bertz CT molecular complexity index is 472. The van der Waals surface area contributed by atoms with Gasteiger partial charge in [-0.25, -0.2) is 12.7 Å². The molecule has 18 heavy (non-hydrogen) atoms. The van der Waals surface area contributed by atoms with Gasteiger partial charge in [0.25, 0.3) is 0 Å². The Hall–Kier alpha value is -1.07. The first-order valence-electron chi connectivity index (χ1n) is 6.31. The Balaban J connectivity index is 2.79. The third-order valence-electron chi connectivity index (χ3n) is 2.81. The first kappa shape index (κ1) is 15.0. The van der Waals surface area contributed by atoms with E-state index in [9.17, 15) is 8.42 Å². The fraction of sp³-hybridized carbons (Fsp3) is 0.538. The van der Waals surface area contributed by atoms with Crippen molar-refractivity contribution < 1.29 is 8.42 Å². The first-order valence-corrected chi connectivity index (χ1v) is 7.92. The van der Waals surface area contributed by atoms with E-state index in [4.69, 9.17) is 5.73 Å². The van der Waals surface area contributed by atoms with E-state index in [0.29, 0.717) is 18.8 Å². The Morgan fingerprint density at radius 2 is 2.00 bits per heavy atom. The molecule has 0 fully saturated rings. The maximum absolute atomic E-state index is 12.2. The second kappa shape index (κ2) is 6.75. The molecule has 0 atom stereocenters. The molecule has 0 aliphatic carbocycles. The monoisotopic (exact) mass is 270 g/mol. The summed E-state index contributed by atoms with van der Waals surface area (Å²) in [6.45, 7) is 5.03. The van der Waals surface area contributed by atoms with Crippen molar-refractivity contribution in [1.82, 2.24) is 4.31 Å². The van der Waals surface area contributed by atoms with Gasteiger partial charge >= 0.3 is 0 Å². The predicted molar refractivity (Wildman–Crippen MR) is 75.6 cm³/mol. The number of hydrogen-bond donors (Lipinski definition) is 1. The van der Waals surface area contributed by atoms with Crippen LogP contribution in [0.15, 0.2) is 24.3 Å². The van der Waals surface area contributed by atoms with Crippen molar-refractivity contribution in [3.63, 3.8) is 0 Å². The molecule has 1 aromatic rings. The molecule has 1 aromatic carbocycles. The number of benzene rings is 1. The molecule has 0 spiro atoms. The molecule has 0 bridgehead atoms. The maximum Gasteiger partial charge on any atom is 0.218 e. The van der Waals surface area contributed by atoms with Gasteiger partial charge in [0.1, 0.15) is 0 Å². The number of sulfonamides is 1. The van der Waals surface area contributed by atoms with Gasteiger partial charge < -0.3 is 5.73 Å². The van der Waals surface area contributed by atoms with Crippen molar-refractivity contribution in [2.75, 3.05) is 18.8 Å². The van der Waals surface area contributed by atoms with Crippen LogP contribution in [0.1, 0.15) is 32.3 Å². The molecule has 0 aliphatic rings. The van der Waals surface area contributed by atoms with E-state index in [2.05, 4.69) is 6.92 Å². The molecule has 102 valence electrons. The van der Waals surface area contributed by atoms with Crippen LogP contribution in [-0.2, 0) is 15.8 Å². The van der Waals surface area contributed by atoms with Crippen LogP contribution in [0.25, 0.3) is 0 Å². The van der Waals surface area contributed by atoms with Crippen molar-refractivity contribution in [2.45, 2.75) is 32.4 Å². The van der Waals surface area contributed by atoms with Crippen LogP contribution < -0.4 is 5.73 Å². The summed E-state index contributed by atoms with van der Waals surface area (Å²) in [5.74, 6) is 0.0234. The molecule has 4 nitrogen and oxygen atoms in total. The summed E-state index contributed by atoms with van der Waals surface area (Å²) in [6, 6.07) is 7.04. The lowest BCUT2D eigenvalue weighted by molar-refractivity contribution is 0.418. The lowest BCUT2D eigenvalue weighted by Gasteiger charge is -2.20. The minimum absolute atomic E-state index is 0.0234. The number of nitrogens with two attached hydrogens (primary N) is 1. The van der Waals surface area contributed by atoms with E-state index < -0.39 is 10.0 Å². The van der Waals surface area contributed by atoms with Gasteiger partial charge in [0.05, 0.1) is 5.75 Å². The fourth-order valence-electron chi connectivity index (χ4n) is 1.81. The average Bonchev–Trinajstić information content (AvgIpc) is 2.29. The summed E-state index contributed by atoms with van der Waals surface area (Å²) in [5, 5.41) is 0. The Labute approximate surface area is 110 Å². The van der Waals surface area contributed by atoms with Crippen LogP contribution >= 0.6 is 0 Å². The molecule has 0 radical (unpaired) electrons. The second-order valence-corrected chi connectivity index (χ2v) is 6.32. The number of hydrogen-bond acceptors (Lipinski definition) is 3. The first-order chi connectivity index (χ1) is 8.49. The minimum Gasteiger partial charge on any atom is -0.399 e. The molecule has 0 aromatic heterocycles. The van der Waals surface area contributed by atoms with Crippen LogP contribution in [0, 0.1) is 0 Å². The molecule has 0 saturated carbocycles. The van der Waals surface area contributed by atoms with E-state index in [0.717, 1.165) is 18.4 Å². The van der Waals surface area contributed by atoms with Crippen LogP contribution in [0.2, 0.25) is 0 Å². The molecular formula is C13H22N2O2S. The van der Waals surface area contributed by atoms with Gasteiger partial charge in [0, 0.05) is 18.8 Å². The average molecular weight is 270 g/mol. The van der Waals surface area contributed by atoms with Gasteiger partial charge in [-0.05, 0) is 24.1 Å². The Morgan fingerprint density at radius 3 is 2.56 bits per heavy atom. The summed E-state index contributed by atoms with van der Waals surface area (Å²) < 4.78 is 26.0. The standard InChI is InChI=1S/C13H22N2O2S/c1-3-5-9-15(4-2)18(16,17)11-12-7-6-8-13(14)10-12/h6-8,10H,3-5,9,11,14H2,1-2H3. The van der Waals surface area contributed by atoms with Gasteiger partial charge in [0.2, 0.25) is 10.0 Å². The van der Waals surface area contributed by atoms with E-state index in [1.54, 1.807) is 28.6 Å². The molecule has 0 aliphatic heterocycles. The molecular weight excluding hydrogens is 248 g/mol. The second-order valence-electron chi connectivity index (χ2n) is 4.35. The number of anilines is 1. The highest BCUT2D eigenvalue weighted by molar-refractivity contribution is 7.88. The van der Waals surface area contributed by atoms with Crippen LogP contribution in [-0.4, -0.2) is 25.8 Å². The molecule has 1 rings (SSSR count). The van der Waals surface area contributed by atoms with E-state index >= 15 is 0 Å². The predicted octanol–water partition coefficient (Wildman–Crippen LogP) is 2.22. The van der Waals surface area contributed by atoms with Gasteiger partial charge in [-0.15, -0.1) is 0 Å². The summed E-state index contributed by atoms with van der Waals surface area (Å²) in [7, 11) is -3.24. The lowest BCUT2D eigenvalue weighted by atomic mass is 10.2. The minimum atomic E-state index is -3.24. The molecule has 5 heteroatoms. The lowest BCUT2D eigenvalue weighted by Crippen LogP contribution is -2.32. The van der Waals surface area contributed by atoms with Crippen molar-refractivity contribution in [3.05, 3.63) is 29.8 Å². The summed E-state index contributed by atoms with van der Waals surface area (Å²) >= 11 is 0. The van der Waals surface area contributed by atoms with Crippen molar-refractivity contribution in [1.29, 1.82) is 0 Å². The Morgan fingerprint density at radius 1 is 1.28 bits per heavy atom. The SMILES string of the molecule is CCCCN(CC)S(=O)(=O)Cc1cccc(N)c1. The van der Waals surface area contributed by atoms with Crippen molar-refractivity contribution >= 4 is 15.7 Å². The third kappa shape index (κ3) is 4.31. The quantitative estimate of drug-likeness (QED) is 0.773. The van der Waals surface area contributed by atoms with Gasteiger partial charge in [0.15, 0.2) is 0 Å². The van der Waals surface area contributed by atoms with E-state index in [-0.39, 0.29) is 5.75 Å². The molecule has 0 amide bonds. The molecule has 0 saturated heterocycles. The van der Waals surface area contributed by atoms with Gasteiger partial charge in [-0.1, -0.05) is 32.4 Å². The van der Waals surface area contributed by atoms with Crippen LogP contribution in [0.3, 0.4) is 0 Å². The summed E-state index contributed by atoms with van der Waals surface area (Å²) in [4.78, 5) is 0. The fourth-order valence-corrected chi connectivity index (χ4v) is 3.40. The number of unbranched alkanes of at least 4 members (excludes halogenated alkanes) is 1. The zero-order valence-electron chi connectivity index (χ0n) is 11.1. The van der Waals surface area contributed by atoms with Crippen molar-refractivity contribution in [2.24, 2.45) is 0 Å². The highest BCUT2D eigenvalue weighted by Gasteiger charge is 2.20. The van der Waals surface area contributed by atoms with Crippen LogP contribution in [0.4, 0.5) is 5.69 Å². The maximum atomic E-state index is 12.2. The highest BCUT2D eigenvalue weighted by atomic mass is 32.2. The Kier molecular flexibility index (Phi) is 5.62. The molecule has 0 heterocycles. The highest BCUT2D eigenvalue weighted by Crippen LogP contribution is 2.14. The number of nitrogen functional groups attached to an aromatic ring is 1. The van der Waals surface area contributed by atoms with E-state index in [1.165, 1.54) is 0 Å². The third-order valence-corrected chi connectivity index (χ3v) is 4.73. The van der Waals surface area contributed by atoms with Crippen LogP contribution in [0.5, 0.6) is 0 Å². The largest absolute Gasteiger partial charge is 0.399 e. The molecule has 0 unspecified atom stereocenters. The van der Waals surface area contributed by atoms with E-state index in [1.807, 2.05) is 6.92 Å². The van der Waals surface area contributed by atoms with Gasteiger partial charge in [-0.2, -0.15) is 0 Å². The molecule has 2 N–H and O–H groups in total. The topological polar surface area (TPSA) is 63.4 Å². The smallest absolute Gasteiger partial charge is 0.218 e. The zero-order chi connectivity index (χ0) is 13.6. The number of rotatable bonds is 7. The summed E-state index contributed by atoms with van der Waals surface area (Å²) in [6.07, 6.45) is 1.88. The zero-order valence-corrected chi connectivity index (χ0v) is 11.9. The van der Waals surface area contributed by atoms with Crippen molar-refractivity contribution in [3.8, 4) is 0 Å². The van der Waals surface area contributed by atoms with Gasteiger partial charge in [-0.3, -0.25) is 0 Å². The normalized spacial score (nSPS) is 11.9.